The van der Waals surface area contributed by atoms with Crippen molar-refractivity contribution in [3.8, 4) is 0 Å². The number of hydrogen-bond acceptors (Lipinski definition) is 4. The summed E-state index contributed by atoms with van der Waals surface area (Å²) in [6.45, 7) is 7.18. The average Bonchev–Trinajstić information content (AvgIpc) is 3.03. The maximum atomic E-state index is 13.0. The highest BCUT2D eigenvalue weighted by Gasteiger charge is 2.28. The Morgan fingerprint density at radius 2 is 2.04 bits per heavy atom. The van der Waals surface area contributed by atoms with E-state index in [9.17, 15) is 9.59 Å². The standard InChI is InChI=1S/C18H25N5O2/c1-4-12(3)23-17-15(10-20-23)14(9-11(2)21-17)18(25)22-7-5-13(6-8-22)16(19)24/h9-10,12-13H,4-8H2,1-3H3,(H2,19,24). The fourth-order valence-electron chi connectivity index (χ4n) is 3.35. The Hall–Kier alpha value is -2.44. The highest BCUT2D eigenvalue weighted by atomic mass is 16.2. The number of rotatable bonds is 4. The third-order valence-electron chi connectivity index (χ3n) is 5.12. The molecule has 1 aliphatic rings. The Kier molecular flexibility index (Phi) is 4.74. The number of aryl methyl sites for hydroxylation is 1. The van der Waals surface area contributed by atoms with E-state index >= 15 is 0 Å². The lowest BCUT2D eigenvalue weighted by Crippen LogP contribution is -2.41. The Labute approximate surface area is 147 Å². The largest absolute Gasteiger partial charge is 0.369 e. The van der Waals surface area contributed by atoms with Gasteiger partial charge >= 0.3 is 0 Å². The van der Waals surface area contributed by atoms with Gasteiger partial charge in [-0.15, -0.1) is 0 Å². The minimum atomic E-state index is -0.274. The number of aromatic nitrogens is 3. The normalized spacial score (nSPS) is 17.0. The molecular formula is C18H25N5O2. The Balaban J connectivity index is 1.92. The monoisotopic (exact) mass is 343 g/mol. The van der Waals surface area contributed by atoms with Crippen LogP contribution in [0.2, 0.25) is 0 Å². The third kappa shape index (κ3) is 3.23. The summed E-state index contributed by atoms with van der Waals surface area (Å²) in [4.78, 5) is 30.7. The second-order valence-corrected chi connectivity index (χ2v) is 6.86. The van der Waals surface area contributed by atoms with Crippen molar-refractivity contribution >= 4 is 22.8 Å². The van der Waals surface area contributed by atoms with Crippen LogP contribution in [-0.2, 0) is 4.79 Å². The van der Waals surface area contributed by atoms with Gasteiger partial charge in [-0.2, -0.15) is 5.10 Å². The first-order valence-electron chi connectivity index (χ1n) is 8.85. The molecule has 1 atom stereocenters. The van der Waals surface area contributed by atoms with E-state index in [1.165, 1.54) is 0 Å². The molecule has 1 saturated heterocycles. The van der Waals surface area contributed by atoms with Gasteiger partial charge in [-0.1, -0.05) is 6.92 Å². The summed E-state index contributed by atoms with van der Waals surface area (Å²) in [5.41, 5.74) is 7.56. The van der Waals surface area contributed by atoms with Crippen LogP contribution in [0.1, 0.15) is 55.2 Å². The molecule has 3 rings (SSSR count). The summed E-state index contributed by atoms with van der Waals surface area (Å²) in [6.07, 6.45) is 3.93. The van der Waals surface area contributed by atoms with Gasteiger partial charge < -0.3 is 10.6 Å². The van der Waals surface area contributed by atoms with Crippen molar-refractivity contribution in [1.29, 1.82) is 0 Å². The molecule has 2 aromatic heterocycles. The molecular weight excluding hydrogens is 318 g/mol. The van der Waals surface area contributed by atoms with Crippen molar-refractivity contribution in [1.82, 2.24) is 19.7 Å². The summed E-state index contributed by atoms with van der Waals surface area (Å²) in [6, 6.07) is 2.05. The molecule has 1 fully saturated rings. The van der Waals surface area contributed by atoms with Gasteiger partial charge in [-0.05, 0) is 39.2 Å². The minimum absolute atomic E-state index is 0.0258. The number of nitrogens with zero attached hydrogens (tertiary/aromatic N) is 4. The zero-order valence-corrected chi connectivity index (χ0v) is 15.0. The molecule has 0 aliphatic carbocycles. The zero-order valence-electron chi connectivity index (χ0n) is 15.0. The topological polar surface area (TPSA) is 94.1 Å². The maximum Gasteiger partial charge on any atom is 0.254 e. The maximum absolute atomic E-state index is 13.0. The molecule has 0 bridgehead atoms. The van der Waals surface area contributed by atoms with Crippen molar-refractivity contribution < 1.29 is 9.59 Å². The molecule has 1 unspecified atom stereocenters. The number of nitrogens with two attached hydrogens (primary N) is 1. The number of fused-ring (bicyclic) bond motifs is 1. The number of amides is 2. The van der Waals surface area contributed by atoms with Gasteiger partial charge in [0.15, 0.2) is 5.65 Å². The second-order valence-electron chi connectivity index (χ2n) is 6.86. The molecule has 25 heavy (non-hydrogen) atoms. The van der Waals surface area contributed by atoms with E-state index in [1.807, 2.05) is 17.7 Å². The van der Waals surface area contributed by atoms with E-state index in [0.717, 1.165) is 23.1 Å². The summed E-state index contributed by atoms with van der Waals surface area (Å²) >= 11 is 0. The molecule has 7 heteroatoms. The number of primary amides is 1. The van der Waals surface area contributed by atoms with Crippen molar-refractivity contribution in [3.63, 3.8) is 0 Å². The number of carbonyl (C=O) groups excluding carboxylic acids is 2. The molecule has 3 heterocycles. The molecule has 1 aliphatic heterocycles. The van der Waals surface area contributed by atoms with Crippen LogP contribution in [0, 0.1) is 12.8 Å². The Morgan fingerprint density at radius 3 is 2.64 bits per heavy atom. The van der Waals surface area contributed by atoms with Crippen molar-refractivity contribution in [3.05, 3.63) is 23.5 Å². The number of piperidine rings is 1. The molecule has 0 saturated carbocycles. The van der Waals surface area contributed by atoms with E-state index in [-0.39, 0.29) is 23.8 Å². The predicted octanol–water partition coefficient (Wildman–Crippen LogP) is 2.05. The van der Waals surface area contributed by atoms with Crippen molar-refractivity contribution in [2.24, 2.45) is 11.7 Å². The zero-order chi connectivity index (χ0) is 18.1. The fraction of sp³-hybridized carbons (Fsp3) is 0.556. The van der Waals surface area contributed by atoms with Crippen molar-refractivity contribution in [2.45, 2.75) is 46.1 Å². The van der Waals surface area contributed by atoms with Gasteiger partial charge in [-0.3, -0.25) is 9.59 Å². The number of hydrogen-bond donors (Lipinski definition) is 1. The van der Waals surface area contributed by atoms with Crippen LogP contribution in [0.5, 0.6) is 0 Å². The molecule has 0 aromatic carbocycles. The molecule has 7 nitrogen and oxygen atoms in total. The van der Waals surface area contributed by atoms with Crippen LogP contribution in [0.4, 0.5) is 0 Å². The molecule has 2 amide bonds. The van der Waals surface area contributed by atoms with E-state index in [4.69, 9.17) is 5.73 Å². The minimum Gasteiger partial charge on any atom is -0.369 e. The third-order valence-corrected chi connectivity index (χ3v) is 5.12. The molecule has 0 spiro atoms. The Morgan fingerprint density at radius 1 is 1.36 bits per heavy atom. The van der Waals surface area contributed by atoms with Gasteiger partial charge in [0, 0.05) is 24.7 Å². The fourth-order valence-corrected chi connectivity index (χ4v) is 3.35. The van der Waals surface area contributed by atoms with Gasteiger partial charge in [-0.25, -0.2) is 9.67 Å². The van der Waals surface area contributed by atoms with Gasteiger partial charge in [0.2, 0.25) is 5.91 Å². The van der Waals surface area contributed by atoms with Gasteiger partial charge in [0.1, 0.15) is 0 Å². The molecule has 2 aromatic rings. The molecule has 0 radical (unpaired) electrons. The van der Waals surface area contributed by atoms with E-state index in [0.29, 0.717) is 31.5 Å². The highest BCUT2D eigenvalue weighted by Crippen LogP contribution is 2.25. The Bertz CT molecular complexity index is 805. The smallest absolute Gasteiger partial charge is 0.254 e. The first-order chi connectivity index (χ1) is 11.9. The van der Waals surface area contributed by atoms with Crippen LogP contribution in [0.15, 0.2) is 12.3 Å². The lowest BCUT2D eigenvalue weighted by Gasteiger charge is -2.30. The van der Waals surface area contributed by atoms with Crippen LogP contribution in [0.3, 0.4) is 0 Å². The average molecular weight is 343 g/mol. The summed E-state index contributed by atoms with van der Waals surface area (Å²) < 4.78 is 1.89. The molecule has 134 valence electrons. The van der Waals surface area contributed by atoms with Gasteiger partial charge in [0.25, 0.3) is 5.91 Å². The lowest BCUT2D eigenvalue weighted by molar-refractivity contribution is -0.123. The van der Waals surface area contributed by atoms with Crippen LogP contribution < -0.4 is 5.73 Å². The number of likely N-dealkylation sites (tertiary alicyclic amines) is 1. The molecule has 2 N–H and O–H groups in total. The van der Waals surface area contributed by atoms with E-state index in [1.54, 1.807) is 11.1 Å². The summed E-state index contributed by atoms with van der Waals surface area (Å²) in [7, 11) is 0. The first-order valence-corrected chi connectivity index (χ1v) is 8.85. The van der Waals surface area contributed by atoms with E-state index in [2.05, 4.69) is 23.9 Å². The quantitative estimate of drug-likeness (QED) is 0.919. The van der Waals surface area contributed by atoms with Crippen LogP contribution >= 0.6 is 0 Å². The first kappa shape index (κ1) is 17.4. The van der Waals surface area contributed by atoms with Crippen LogP contribution in [0.25, 0.3) is 11.0 Å². The second kappa shape index (κ2) is 6.82. The highest BCUT2D eigenvalue weighted by molar-refractivity contribution is 6.05. The lowest BCUT2D eigenvalue weighted by atomic mass is 9.95. The summed E-state index contributed by atoms with van der Waals surface area (Å²) in [5, 5.41) is 5.24. The number of carbonyl (C=O) groups is 2. The summed E-state index contributed by atoms with van der Waals surface area (Å²) in [5.74, 6) is -0.428. The number of pyridine rings is 1. The van der Waals surface area contributed by atoms with Crippen molar-refractivity contribution in [2.75, 3.05) is 13.1 Å². The van der Waals surface area contributed by atoms with Crippen LogP contribution in [-0.4, -0.2) is 44.6 Å². The van der Waals surface area contributed by atoms with Gasteiger partial charge in [0.05, 0.1) is 23.2 Å². The predicted molar refractivity (Wildman–Crippen MR) is 95.1 cm³/mol. The van der Waals surface area contributed by atoms with E-state index < -0.39 is 0 Å². The SMILES string of the molecule is CCC(C)n1ncc2c(C(=O)N3CCC(C(N)=O)CC3)cc(C)nc21.